The van der Waals surface area contributed by atoms with E-state index in [1.807, 2.05) is 0 Å². The third-order valence-electron chi connectivity index (χ3n) is 10.1. The van der Waals surface area contributed by atoms with Gasteiger partial charge in [0.15, 0.2) is 0 Å². The fraction of sp³-hybridized carbons (Fsp3) is 0.862. The molecule has 1 saturated heterocycles. The summed E-state index contributed by atoms with van der Waals surface area (Å²) < 4.78 is 0. The van der Waals surface area contributed by atoms with Crippen LogP contribution in [0.4, 0.5) is 0 Å². The SMILES string of the molecule is CC1(CCC(=O)N2CC3C(C2C(=O)NC(CCC2CC2)C(=O)C(=O)NC2CC2)C3(C)C)CCCCC1. The van der Waals surface area contributed by atoms with Crippen molar-refractivity contribution in [1.29, 1.82) is 0 Å². The molecule has 4 unspecified atom stereocenters. The second-order valence-electron chi connectivity index (χ2n) is 13.5. The lowest BCUT2D eigenvalue weighted by Gasteiger charge is -2.35. The first-order chi connectivity index (χ1) is 17.1. The zero-order chi connectivity index (χ0) is 25.7. The van der Waals surface area contributed by atoms with Crippen molar-refractivity contribution in [2.75, 3.05) is 6.54 Å². The van der Waals surface area contributed by atoms with Crippen LogP contribution in [0.15, 0.2) is 0 Å². The molecule has 4 atom stereocenters. The molecule has 2 N–H and O–H groups in total. The first kappa shape index (κ1) is 25.7. The van der Waals surface area contributed by atoms with E-state index in [0.29, 0.717) is 31.2 Å². The van der Waals surface area contributed by atoms with Gasteiger partial charge in [0.25, 0.3) is 5.91 Å². The van der Waals surface area contributed by atoms with Crippen LogP contribution in [0.25, 0.3) is 0 Å². The first-order valence-corrected chi connectivity index (χ1v) is 14.5. The molecule has 7 nitrogen and oxygen atoms in total. The number of amides is 3. The Kier molecular flexibility index (Phi) is 6.97. The Hall–Kier alpha value is -1.92. The van der Waals surface area contributed by atoms with E-state index in [1.165, 1.54) is 32.1 Å². The smallest absolute Gasteiger partial charge is 0.289 e. The van der Waals surface area contributed by atoms with E-state index in [9.17, 15) is 19.2 Å². The van der Waals surface area contributed by atoms with E-state index < -0.39 is 23.8 Å². The number of carbonyl (C=O) groups excluding carboxylic acids is 4. The molecule has 0 radical (unpaired) electrons. The van der Waals surface area contributed by atoms with Gasteiger partial charge in [-0.2, -0.15) is 0 Å². The molecule has 200 valence electrons. The van der Waals surface area contributed by atoms with Crippen molar-refractivity contribution in [2.24, 2.45) is 28.6 Å². The predicted molar refractivity (Wildman–Crippen MR) is 137 cm³/mol. The Morgan fingerprint density at radius 1 is 0.972 bits per heavy atom. The number of fused-ring (bicyclic) bond motifs is 1. The van der Waals surface area contributed by atoms with E-state index in [0.717, 1.165) is 38.5 Å². The van der Waals surface area contributed by atoms with Crippen molar-refractivity contribution in [3.8, 4) is 0 Å². The monoisotopic (exact) mass is 499 g/mol. The van der Waals surface area contributed by atoms with Gasteiger partial charge in [-0.25, -0.2) is 0 Å². The van der Waals surface area contributed by atoms with Crippen LogP contribution >= 0.6 is 0 Å². The summed E-state index contributed by atoms with van der Waals surface area (Å²) in [6.45, 7) is 7.27. The molecule has 0 aromatic heterocycles. The largest absolute Gasteiger partial charge is 0.347 e. The molecule has 5 rings (SSSR count). The lowest BCUT2D eigenvalue weighted by molar-refractivity contribution is -0.143. The summed E-state index contributed by atoms with van der Waals surface area (Å²) >= 11 is 0. The number of Topliss-reactive ketones (excluding diaryl/α,β-unsaturated/α-hetero) is 1. The highest BCUT2D eigenvalue weighted by atomic mass is 16.2. The van der Waals surface area contributed by atoms with Crippen LogP contribution in [0.3, 0.4) is 0 Å². The summed E-state index contributed by atoms with van der Waals surface area (Å²) in [5, 5.41) is 5.75. The quantitative estimate of drug-likeness (QED) is 0.423. The molecule has 0 aromatic carbocycles. The van der Waals surface area contributed by atoms with Gasteiger partial charge in [0, 0.05) is 19.0 Å². The average molecular weight is 500 g/mol. The van der Waals surface area contributed by atoms with Gasteiger partial charge < -0.3 is 15.5 Å². The minimum absolute atomic E-state index is 0.0189. The summed E-state index contributed by atoms with van der Waals surface area (Å²) in [6.07, 6.45) is 12.9. The predicted octanol–water partition coefficient (Wildman–Crippen LogP) is 3.74. The van der Waals surface area contributed by atoms with Crippen molar-refractivity contribution in [3.63, 3.8) is 0 Å². The minimum Gasteiger partial charge on any atom is -0.347 e. The summed E-state index contributed by atoms with van der Waals surface area (Å²) in [5.74, 6) is -0.267. The number of hydrogen-bond acceptors (Lipinski definition) is 4. The molecule has 7 heteroatoms. The number of hydrogen-bond donors (Lipinski definition) is 2. The molecule has 3 amide bonds. The fourth-order valence-electron chi connectivity index (χ4n) is 7.03. The van der Waals surface area contributed by atoms with Gasteiger partial charge in [-0.05, 0) is 73.5 Å². The van der Waals surface area contributed by atoms with E-state index in [-0.39, 0.29) is 34.6 Å². The van der Waals surface area contributed by atoms with Crippen LogP contribution in [0.2, 0.25) is 0 Å². The third kappa shape index (κ3) is 5.50. The second-order valence-corrected chi connectivity index (χ2v) is 13.5. The van der Waals surface area contributed by atoms with Crippen LogP contribution in [0.5, 0.6) is 0 Å². The molecule has 5 fully saturated rings. The van der Waals surface area contributed by atoms with Gasteiger partial charge in [0.2, 0.25) is 17.6 Å². The highest BCUT2D eigenvalue weighted by Crippen LogP contribution is 2.65. The van der Waals surface area contributed by atoms with Crippen LogP contribution < -0.4 is 10.6 Å². The molecular formula is C29H45N3O4. The lowest BCUT2D eigenvalue weighted by Crippen LogP contribution is -2.55. The maximum Gasteiger partial charge on any atom is 0.289 e. The van der Waals surface area contributed by atoms with E-state index >= 15 is 0 Å². The van der Waals surface area contributed by atoms with Crippen LogP contribution in [-0.4, -0.2) is 53.1 Å². The van der Waals surface area contributed by atoms with Crippen LogP contribution in [0.1, 0.15) is 104 Å². The Labute approximate surface area is 215 Å². The molecule has 36 heavy (non-hydrogen) atoms. The van der Waals surface area contributed by atoms with Crippen molar-refractivity contribution in [1.82, 2.24) is 15.5 Å². The average Bonchev–Trinajstić information content (AvgIpc) is 3.79. The zero-order valence-corrected chi connectivity index (χ0v) is 22.4. The van der Waals surface area contributed by atoms with E-state index in [4.69, 9.17) is 0 Å². The van der Waals surface area contributed by atoms with Crippen LogP contribution in [-0.2, 0) is 19.2 Å². The van der Waals surface area contributed by atoms with Gasteiger partial charge in [0.05, 0.1) is 6.04 Å². The summed E-state index contributed by atoms with van der Waals surface area (Å²) in [6, 6.07) is -1.25. The van der Waals surface area contributed by atoms with Gasteiger partial charge >= 0.3 is 0 Å². The topological polar surface area (TPSA) is 95.6 Å². The summed E-state index contributed by atoms with van der Waals surface area (Å²) in [5.41, 5.74) is 0.244. The van der Waals surface area contributed by atoms with Crippen molar-refractivity contribution in [3.05, 3.63) is 0 Å². The molecule has 4 saturated carbocycles. The molecule has 0 aromatic rings. The Balaban J connectivity index is 1.25. The van der Waals surface area contributed by atoms with Gasteiger partial charge in [-0.1, -0.05) is 52.9 Å². The number of carbonyl (C=O) groups is 4. The molecule has 1 aliphatic heterocycles. The number of rotatable bonds is 11. The molecule has 4 aliphatic carbocycles. The highest BCUT2D eigenvalue weighted by Gasteiger charge is 2.69. The Morgan fingerprint density at radius 3 is 2.31 bits per heavy atom. The Bertz CT molecular complexity index is 900. The number of nitrogens with one attached hydrogen (secondary N) is 2. The number of nitrogens with zero attached hydrogens (tertiary/aromatic N) is 1. The van der Waals surface area contributed by atoms with Crippen molar-refractivity contribution in [2.45, 2.75) is 122 Å². The van der Waals surface area contributed by atoms with Crippen molar-refractivity contribution >= 4 is 23.5 Å². The normalized spacial score (nSPS) is 30.8. The van der Waals surface area contributed by atoms with Gasteiger partial charge in [-0.3, -0.25) is 19.2 Å². The molecule has 0 bridgehead atoms. The van der Waals surface area contributed by atoms with E-state index in [1.54, 1.807) is 4.90 Å². The van der Waals surface area contributed by atoms with Gasteiger partial charge in [0.1, 0.15) is 6.04 Å². The summed E-state index contributed by atoms with van der Waals surface area (Å²) in [4.78, 5) is 54.5. The molecular weight excluding hydrogens is 454 g/mol. The maximum atomic E-state index is 13.7. The van der Waals surface area contributed by atoms with Gasteiger partial charge in [-0.15, -0.1) is 0 Å². The molecule has 0 spiro atoms. The number of piperidine rings is 1. The number of likely N-dealkylation sites (tertiary alicyclic amines) is 1. The first-order valence-electron chi connectivity index (χ1n) is 14.5. The fourth-order valence-corrected chi connectivity index (χ4v) is 7.03. The standard InChI is InChI=1S/C29H45N3O4/c1-28(2)20-17-32(22(33)13-16-29(3)14-5-4-6-15-29)24(23(20)28)26(35)31-21(12-9-18-7-8-18)25(34)27(36)30-19-10-11-19/h18-21,23-24H,4-17H2,1-3H3,(H,30,36)(H,31,35). The van der Waals surface area contributed by atoms with E-state index in [2.05, 4.69) is 31.4 Å². The maximum absolute atomic E-state index is 13.7. The van der Waals surface area contributed by atoms with Crippen LogP contribution in [0, 0.1) is 28.6 Å². The van der Waals surface area contributed by atoms with Crippen molar-refractivity contribution < 1.29 is 19.2 Å². The molecule has 1 heterocycles. The zero-order valence-electron chi connectivity index (χ0n) is 22.4. The second kappa shape index (κ2) is 9.75. The highest BCUT2D eigenvalue weighted by molar-refractivity contribution is 6.38. The Morgan fingerprint density at radius 2 is 1.67 bits per heavy atom. The minimum atomic E-state index is -0.809. The molecule has 5 aliphatic rings. The summed E-state index contributed by atoms with van der Waals surface area (Å²) in [7, 11) is 0. The lowest BCUT2D eigenvalue weighted by atomic mass is 9.73. The third-order valence-corrected chi connectivity index (χ3v) is 10.1. The number of ketones is 1.